The molecule has 0 aliphatic carbocycles. The van der Waals surface area contributed by atoms with E-state index in [4.69, 9.17) is 0 Å². The van der Waals surface area contributed by atoms with Crippen LogP contribution < -0.4 is 4.31 Å². The minimum Gasteiger partial charge on any atom is -0.339 e. The van der Waals surface area contributed by atoms with Crippen LogP contribution in [0.2, 0.25) is 0 Å². The number of anilines is 1. The van der Waals surface area contributed by atoms with Crippen molar-refractivity contribution in [3.63, 3.8) is 0 Å². The van der Waals surface area contributed by atoms with Crippen LogP contribution >= 0.6 is 0 Å². The number of sulfonamides is 1. The van der Waals surface area contributed by atoms with Crippen LogP contribution in [0.1, 0.15) is 35.7 Å². The van der Waals surface area contributed by atoms with Gasteiger partial charge in [0, 0.05) is 25.2 Å². The highest BCUT2D eigenvalue weighted by Gasteiger charge is 2.26. The average Bonchev–Trinajstić information content (AvgIpc) is 3.16. The fourth-order valence-electron chi connectivity index (χ4n) is 3.29. The lowest BCUT2D eigenvalue weighted by Crippen LogP contribution is -2.31. The summed E-state index contributed by atoms with van der Waals surface area (Å²) in [6.45, 7) is 5.52. The minimum atomic E-state index is -3.74. The molecule has 0 bridgehead atoms. The molecule has 0 unspecified atom stereocenters. The molecule has 2 aromatic rings. The number of nitrogens with zero attached hydrogens (tertiary/aromatic N) is 2. The number of benzene rings is 2. The quantitative estimate of drug-likeness (QED) is 0.808. The number of hydrogen-bond donors (Lipinski definition) is 0. The molecule has 26 heavy (non-hydrogen) atoms. The minimum absolute atomic E-state index is 0.0989. The Labute approximate surface area is 155 Å². The van der Waals surface area contributed by atoms with Gasteiger partial charge in [-0.15, -0.1) is 0 Å². The highest BCUT2D eigenvalue weighted by atomic mass is 32.2. The number of rotatable bonds is 5. The third-order valence-corrected chi connectivity index (χ3v) is 6.54. The lowest BCUT2D eigenvalue weighted by atomic mass is 10.2. The Bertz CT molecular complexity index is 903. The molecule has 5 nitrogen and oxygen atoms in total. The van der Waals surface area contributed by atoms with Gasteiger partial charge in [-0.3, -0.25) is 9.10 Å². The van der Waals surface area contributed by atoms with Gasteiger partial charge in [0.2, 0.25) is 0 Å². The third kappa shape index (κ3) is 3.60. The van der Waals surface area contributed by atoms with Crippen molar-refractivity contribution in [2.75, 3.05) is 23.9 Å². The van der Waals surface area contributed by atoms with E-state index in [1.807, 2.05) is 25.1 Å². The maximum atomic E-state index is 13.2. The van der Waals surface area contributed by atoms with E-state index in [0.29, 0.717) is 17.8 Å². The van der Waals surface area contributed by atoms with Crippen molar-refractivity contribution in [3.05, 3.63) is 59.7 Å². The topological polar surface area (TPSA) is 57.7 Å². The summed E-state index contributed by atoms with van der Waals surface area (Å²) in [6.07, 6.45) is 2.00. The monoisotopic (exact) mass is 372 g/mol. The van der Waals surface area contributed by atoms with Crippen molar-refractivity contribution in [1.82, 2.24) is 4.90 Å². The van der Waals surface area contributed by atoms with E-state index in [2.05, 4.69) is 0 Å². The first kappa shape index (κ1) is 18.5. The number of aryl methyl sites for hydroxylation is 1. The Morgan fingerprint density at radius 2 is 1.77 bits per heavy atom. The van der Waals surface area contributed by atoms with Gasteiger partial charge in [-0.1, -0.05) is 18.2 Å². The highest BCUT2D eigenvalue weighted by Crippen LogP contribution is 2.25. The number of carbonyl (C=O) groups excluding carboxylic acids is 1. The van der Waals surface area contributed by atoms with Crippen LogP contribution in [0.25, 0.3) is 0 Å². The molecule has 1 aliphatic heterocycles. The number of likely N-dealkylation sites (tertiary alicyclic amines) is 1. The van der Waals surface area contributed by atoms with Gasteiger partial charge >= 0.3 is 0 Å². The molecular weight excluding hydrogens is 348 g/mol. The number of carbonyl (C=O) groups is 1. The van der Waals surface area contributed by atoms with Gasteiger partial charge in [-0.05, 0) is 62.6 Å². The molecule has 0 aromatic heterocycles. The summed E-state index contributed by atoms with van der Waals surface area (Å²) >= 11 is 0. The van der Waals surface area contributed by atoms with Crippen LogP contribution in [-0.2, 0) is 10.0 Å². The molecule has 1 fully saturated rings. The zero-order valence-corrected chi connectivity index (χ0v) is 16.0. The van der Waals surface area contributed by atoms with Crippen molar-refractivity contribution in [1.29, 1.82) is 0 Å². The molecule has 0 spiro atoms. The molecule has 0 saturated carbocycles. The van der Waals surface area contributed by atoms with Gasteiger partial charge in [-0.2, -0.15) is 0 Å². The molecule has 2 aromatic carbocycles. The van der Waals surface area contributed by atoms with Crippen molar-refractivity contribution in [3.8, 4) is 0 Å². The normalized spacial score (nSPS) is 14.5. The van der Waals surface area contributed by atoms with Crippen LogP contribution in [0.3, 0.4) is 0 Å². The number of amides is 1. The van der Waals surface area contributed by atoms with Gasteiger partial charge in [0.25, 0.3) is 15.9 Å². The van der Waals surface area contributed by atoms with Gasteiger partial charge in [-0.25, -0.2) is 8.42 Å². The average molecular weight is 372 g/mol. The molecular formula is C20H24N2O3S. The number of hydrogen-bond acceptors (Lipinski definition) is 3. The lowest BCUT2D eigenvalue weighted by molar-refractivity contribution is 0.0792. The predicted octanol–water partition coefficient (Wildman–Crippen LogP) is 3.45. The molecule has 0 N–H and O–H groups in total. The highest BCUT2D eigenvalue weighted by molar-refractivity contribution is 7.92. The van der Waals surface area contributed by atoms with E-state index in [1.54, 1.807) is 36.1 Å². The SMILES string of the molecule is CCN(c1cccc(C)c1)S(=O)(=O)c1cccc(C(=O)N2CCCC2)c1. The third-order valence-electron chi connectivity index (χ3n) is 4.64. The van der Waals surface area contributed by atoms with Crippen molar-refractivity contribution < 1.29 is 13.2 Å². The first-order chi connectivity index (χ1) is 12.4. The molecule has 1 heterocycles. The van der Waals surface area contributed by atoms with Crippen LogP contribution in [0.15, 0.2) is 53.4 Å². The summed E-state index contributed by atoms with van der Waals surface area (Å²) in [5.41, 5.74) is 2.05. The van der Waals surface area contributed by atoms with Gasteiger partial charge in [0.1, 0.15) is 0 Å². The van der Waals surface area contributed by atoms with E-state index in [0.717, 1.165) is 31.5 Å². The second-order valence-corrected chi connectivity index (χ2v) is 8.40. The summed E-state index contributed by atoms with van der Waals surface area (Å²) in [6, 6.07) is 13.8. The zero-order valence-electron chi connectivity index (χ0n) is 15.2. The van der Waals surface area contributed by atoms with E-state index < -0.39 is 10.0 Å². The molecule has 1 aliphatic rings. The Morgan fingerprint density at radius 1 is 1.08 bits per heavy atom. The van der Waals surface area contributed by atoms with Crippen LogP contribution in [-0.4, -0.2) is 38.9 Å². The van der Waals surface area contributed by atoms with E-state index in [1.165, 1.54) is 10.4 Å². The van der Waals surface area contributed by atoms with Crippen LogP contribution in [0.5, 0.6) is 0 Å². The fourth-order valence-corrected chi connectivity index (χ4v) is 4.81. The molecule has 1 amide bonds. The largest absolute Gasteiger partial charge is 0.339 e. The maximum absolute atomic E-state index is 13.2. The Balaban J connectivity index is 1.96. The van der Waals surface area contributed by atoms with Crippen molar-refractivity contribution in [2.24, 2.45) is 0 Å². The molecule has 3 rings (SSSR count). The van der Waals surface area contributed by atoms with Crippen LogP contribution in [0, 0.1) is 6.92 Å². The zero-order chi connectivity index (χ0) is 18.7. The molecule has 1 saturated heterocycles. The van der Waals surface area contributed by atoms with Gasteiger partial charge in [0.15, 0.2) is 0 Å². The Morgan fingerprint density at radius 3 is 2.42 bits per heavy atom. The summed E-state index contributed by atoms with van der Waals surface area (Å²) in [5.74, 6) is -0.0989. The lowest BCUT2D eigenvalue weighted by Gasteiger charge is -2.24. The van der Waals surface area contributed by atoms with Crippen molar-refractivity contribution in [2.45, 2.75) is 31.6 Å². The smallest absolute Gasteiger partial charge is 0.264 e. The van der Waals surface area contributed by atoms with E-state index in [9.17, 15) is 13.2 Å². The summed E-state index contributed by atoms with van der Waals surface area (Å²) < 4.78 is 27.7. The predicted molar refractivity (Wildman–Crippen MR) is 103 cm³/mol. The van der Waals surface area contributed by atoms with E-state index >= 15 is 0 Å². The fraction of sp³-hybridized carbons (Fsp3) is 0.350. The second-order valence-electron chi connectivity index (χ2n) is 6.54. The Kier molecular flexibility index (Phi) is 5.32. The molecule has 0 atom stereocenters. The Hall–Kier alpha value is -2.34. The molecule has 138 valence electrons. The van der Waals surface area contributed by atoms with Crippen molar-refractivity contribution >= 4 is 21.6 Å². The molecule has 0 radical (unpaired) electrons. The molecule has 6 heteroatoms. The summed E-state index contributed by atoms with van der Waals surface area (Å²) in [4.78, 5) is 14.5. The maximum Gasteiger partial charge on any atom is 0.264 e. The second kappa shape index (κ2) is 7.50. The first-order valence-corrected chi connectivity index (χ1v) is 10.4. The van der Waals surface area contributed by atoms with Gasteiger partial charge < -0.3 is 4.90 Å². The standard InChI is InChI=1S/C20H24N2O3S/c1-3-22(18-10-6-8-16(2)14-18)26(24,25)19-11-7-9-17(15-19)20(23)21-12-4-5-13-21/h6-11,14-15H,3-5,12-13H2,1-2H3. The van der Waals surface area contributed by atoms with Crippen LogP contribution in [0.4, 0.5) is 5.69 Å². The summed E-state index contributed by atoms with van der Waals surface area (Å²) in [7, 11) is -3.74. The van der Waals surface area contributed by atoms with Gasteiger partial charge in [0.05, 0.1) is 10.6 Å². The van der Waals surface area contributed by atoms with E-state index in [-0.39, 0.29) is 10.8 Å². The summed E-state index contributed by atoms with van der Waals surface area (Å²) in [5, 5.41) is 0. The first-order valence-electron chi connectivity index (χ1n) is 8.92.